The van der Waals surface area contributed by atoms with Gasteiger partial charge in [-0.05, 0) is 51.3 Å². The van der Waals surface area contributed by atoms with Crippen LogP contribution in [0.25, 0.3) is 0 Å². The molecule has 0 spiro atoms. The molecule has 0 saturated heterocycles. The van der Waals surface area contributed by atoms with Gasteiger partial charge in [0.25, 0.3) is 5.91 Å². The van der Waals surface area contributed by atoms with E-state index in [0.717, 1.165) is 12.0 Å². The fourth-order valence-electron chi connectivity index (χ4n) is 1.79. The molecular weight excluding hydrogens is 266 g/mol. The summed E-state index contributed by atoms with van der Waals surface area (Å²) in [6, 6.07) is 7.21. The zero-order valence-electron chi connectivity index (χ0n) is 13.6. The van der Waals surface area contributed by atoms with Gasteiger partial charge in [-0.3, -0.25) is 4.79 Å². The summed E-state index contributed by atoms with van der Waals surface area (Å²) in [6.45, 7) is 9.66. The Morgan fingerprint density at radius 2 is 1.86 bits per heavy atom. The maximum absolute atomic E-state index is 12.1. The average Bonchev–Trinajstić information content (AvgIpc) is 2.46. The molecule has 2 atom stereocenters. The van der Waals surface area contributed by atoms with Gasteiger partial charge >= 0.3 is 0 Å². The molecule has 1 amide bonds. The highest BCUT2D eigenvalue weighted by molar-refractivity contribution is 5.81. The van der Waals surface area contributed by atoms with Crippen molar-refractivity contribution in [2.45, 2.75) is 65.2 Å². The summed E-state index contributed by atoms with van der Waals surface area (Å²) in [6.07, 6.45) is 0.517. The summed E-state index contributed by atoms with van der Waals surface area (Å²) >= 11 is 0. The van der Waals surface area contributed by atoms with Gasteiger partial charge in [0, 0.05) is 5.54 Å². The predicted octanol–water partition coefficient (Wildman–Crippen LogP) is 3.20. The molecule has 118 valence electrons. The van der Waals surface area contributed by atoms with E-state index in [0.29, 0.717) is 12.2 Å². The molecule has 1 unspecified atom stereocenters. The number of rotatable bonds is 7. The zero-order chi connectivity index (χ0) is 16.0. The molecule has 0 radical (unpaired) electrons. The Labute approximate surface area is 127 Å². The number of nitrogens with one attached hydrogen (secondary N) is 1. The van der Waals surface area contributed by atoms with Crippen molar-refractivity contribution in [2.75, 3.05) is 0 Å². The maximum Gasteiger partial charge on any atom is 0.261 e. The Morgan fingerprint density at radius 1 is 1.29 bits per heavy atom. The second-order valence-electron chi connectivity index (χ2n) is 5.98. The van der Waals surface area contributed by atoms with Crippen LogP contribution >= 0.6 is 0 Å². The van der Waals surface area contributed by atoms with E-state index < -0.39 is 12.2 Å². The lowest BCUT2D eigenvalue weighted by atomic mass is 10.0. The minimum absolute atomic E-state index is 0.125. The van der Waals surface area contributed by atoms with Gasteiger partial charge in [0.05, 0.1) is 6.10 Å². The van der Waals surface area contributed by atoms with Crippen molar-refractivity contribution in [3.63, 3.8) is 0 Å². The highest BCUT2D eigenvalue weighted by Gasteiger charge is 2.22. The van der Waals surface area contributed by atoms with E-state index in [-0.39, 0.29) is 11.4 Å². The van der Waals surface area contributed by atoms with Crippen LogP contribution in [0.5, 0.6) is 5.75 Å². The second-order valence-corrected chi connectivity index (χ2v) is 5.98. The van der Waals surface area contributed by atoms with Crippen molar-refractivity contribution in [3.8, 4) is 5.75 Å². The molecule has 4 heteroatoms. The van der Waals surface area contributed by atoms with Gasteiger partial charge in [0.2, 0.25) is 0 Å². The van der Waals surface area contributed by atoms with E-state index in [2.05, 4.69) is 5.32 Å². The quantitative estimate of drug-likeness (QED) is 0.811. The number of amides is 1. The third-order valence-corrected chi connectivity index (χ3v) is 3.68. The first-order valence-electron chi connectivity index (χ1n) is 7.55. The number of carbonyl (C=O) groups excluding carboxylic acids is 1. The summed E-state index contributed by atoms with van der Waals surface area (Å²) in [5.41, 5.74) is 0.623. The fraction of sp³-hybridized carbons (Fsp3) is 0.588. The molecule has 0 aliphatic rings. The zero-order valence-corrected chi connectivity index (χ0v) is 13.6. The fourth-order valence-corrected chi connectivity index (χ4v) is 1.79. The number of carbonyl (C=O) groups is 1. The Kier molecular flexibility index (Phi) is 6.21. The second kappa shape index (κ2) is 7.46. The van der Waals surface area contributed by atoms with Crippen LogP contribution in [0.1, 0.15) is 59.1 Å². The van der Waals surface area contributed by atoms with E-state index in [4.69, 9.17) is 4.74 Å². The topological polar surface area (TPSA) is 58.6 Å². The lowest BCUT2D eigenvalue weighted by molar-refractivity contribution is -0.128. The molecule has 0 fully saturated rings. The SMILES string of the molecule is CC[C@@H](O)c1ccc(OC(C)C(=O)NC(C)(C)CC)cc1. The molecule has 0 aromatic heterocycles. The maximum atomic E-state index is 12.1. The molecule has 1 aromatic carbocycles. The van der Waals surface area contributed by atoms with E-state index in [9.17, 15) is 9.90 Å². The summed E-state index contributed by atoms with van der Waals surface area (Å²) in [5, 5.41) is 12.7. The normalized spacial score (nSPS) is 14.4. The van der Waals surface area contributed by atoms with Crippen LogP contribution < -0.4 is 10.1 Å². The Hall–Kier alpha value is -1.55. The van der Waals surface area contributed by atoms with E-state index in [1.54, 1.807) is 19.1 Å². The molecule has 0 aliphatic carbocycles. The smallest absolute Gasteiger partial charge is 0.261 e. The highest BCUT2D eigenvalue weighted by Crippen LogP contribution is 2.20. The molecule has 0 bridgehead atoms. The predicted molar refractivity (Wildman–Crippen MR) is 84.3 cm³/mol. The van der Waals surface area contributed by atoms with Crippen molar-refractivity contribution in [1.29, 1.82) is 0 Å². The summed E-state index contributed by atoms with van der Waals surface area (Å²) in [7, 11) is 0. The molecule has 0 saturated carbocycles. The number of aliphatic hydroxyl groups is 1. The standard InChI is InChI=1S/C17H27NO3/c1-6-15(19)13-8-10-14(11-9-13)21-12(3)16(20)18-17(4,5)7-2/h8-12,15,19H,6-7H2,1-5H3,(H,18,20)/t12?,15-/m1/s1. The summed E-state index contributed by atoms with van der Waals surface area (Å²) in [4.78, 5) is 12.1. The molecule has 1 aromatic rings. The van der Waals surface area contributed by atoms with Gasteiger partial charge in [-0.15, -0.1) is 0 Å². The van der Waals surface area contributed by atoms with E-state index >= 15 is 0 Å². The molecule has 1 rings (SSSR count). The number of aliphatic hydroxyl groups excluding tert-OH is 1. The van der Waals surface area contributed by atoms with Crippen LogP contribution in [0.2, 0.25) is 0 Å². The summed E-state index contributed by atoms with van der Waals surface area (Å²) < 4.78 is 5.64. The van der Waals surface area contributed by atoms with Crippen LogP contribution in [0, 0.1) is 0 Å². The number of benzene rings is 1. The Balaban J connectivity index is 2.62. The molecule has 2 N–H and O–H groups in total. The van der Waals surface area contributed by atoms with Crippen molar-refractivity contribution < 1.29 is 14.6 Å². The Bertz CT molecular complexity index is 454. The van der Waals surface area contributed by atoms with Crippen molar-refractivity contribution >= 4 is 5.91 Å². The largest absolute Gasteiger partial charge is 0.481 e. The minimum atomic E-state index is -0.558. The number of hydrogen-bond acceptors (Lipinski definition) is 3. The van der Waals surface area contributed by atoms with Crippen LogP contribution in [0.3, 0.4) is 0 Å². The van der Waals surface area contributed by atoms with Gasteiger partial charge in [0.1, 0.15) is 5.75 Å². The van der Waals surface area contributed by atoms with Crippen molar-refractivity contribution in [1.82, 2.24) is 5.32 Å². The van der Waals surface area contributed by atoms with Gasteiger partial charge in [-0.25, -0.2) is 0 Å². The van der Waals surface area contributed by atoms with Gasteiger partial charge in [-0.1, -0.05) is 26.0 Å². The lowest BCUT2D eigenvalue weighted by Crippen LogP contribution is -2.48. The van der Waals surface area contributed by atoms with Crippen LogP contribution in [0.15, 0.2) is 24.3 Å². The monoisotopic (exact) mass is 293 g/mol. The average molecular weight is 293 g/mol. The first kappa shape index (κ1) is 17.5. The molecule has 0 heterocycles. The van der Waals surface area contributed by atoms with E-state index in [1.165, 1.54) is 0 Å². The molecule has 21 heavy (non-hydrogen) atoms. The van der Waals surface area contributed by atoms with Crippen LogP contribution in [-0.2, 0) is 4.79 Å². The van der Waals surface area contributed by atoms with Crippen LogP contribution in [0.4, 0.5) is 0 Å². The highest BCUT2D eigenvalue weighted by atomic mass is 16.5. The molecular formula is C17H27NO3. The third kappa shape index (κ3) is 5.38. The van der Waals surface area contributed by atoms with Crippen molar-refractivity contribution in [3.05, 3.63) is 29.8 Å². The third-order valence-electron chi connectivity index (χ3n) is 3.68. The Morgan fingerprint density at radius 3 is 2.33 bits per heavy atom. The number of hydrogen-bond donors (Lipinski definition) is 2. The number of ether oxygens (including phenoxy) is 1. The van der Waals surface area contributed by atoms with E-state index in [1.807, 2.05) is 39.8 Å². The molecule has 0 aliphatic heterocycles. The van der Waals surface area contributed by atoms with Crippen molar-refractivity contribution in [2.24, 2.45) is 0 Å². The molecule has 4 nitrogen and oxygen atoms in total. The summed E-state index contributed by atoms with van der Waals surface area (Å²) in [5.74, 6) is 0.499. The minimum Gasteiger partial charge on any atom is -0.481 e. The lowest BCUT2D eigenvalue weighted by Gasteiger charge is -2.26. The first-order valence-corrected chi connectivity index (χ1v) is 7.55. The van der Waals surface area contributed by atoms with Crippen LogP contribution in [-0.4, -0.2) is 22.7 Å². The van der Waals surface area contributed by atoms with Gasteiger partial charge in [-0.2, -0.15) is 0 Å². The first-order chi connectivity index (χ1) is 9.79. The van der Waals surface area contributed by atoms with Gasteiger partial charge < -0.3 is 15.2 Å². The van der Waals surface area contributed by atoms with Gasteiger partial charge in [0.15, 0.2) is 6.10 Å².